The van der Waals surface area contributed by atoms with Crippen LogP contribution in [0.25, 0.3) is 16.8 Å². The van der Waals surface area contributed by atoms with E-state index in [9.17, 15) is 36.8 Å². The molecule has 1 aliphatic rings. The molecule has 182 valence electrons. The summed E-state index contributed by atoms with van der Waals surface area (Å²) >= 11 is 5.94. The van der Waals surface area contributed by atoms with E-state index in [4.69, 9.17) is 11.6 Å². The van der Waals surface area contributed by atoms with E-state index >= 15 is 0 Å². The van der Waals surface area contributed by atoms with E-state index in [2.05, 4.69) is 4.98 Å². The van der Waals surface area contributed by atoms with Crippen LogP contribution in [0.3, 0.4) is 0 Å². The van der Waals surface area contributed by atoms with Crippen molar-refractivity contribution in [2.75, 3.05) is 18.0 Å². The van der Waals surface area contributed by atoms with Crippen LogP contribution in [0.4, 0.5) is 27.8 Å². The van der Waals surface area contributed by atoms with E-state index in [-0.39, 0.29) is 29.6 Å². The molecule has 2 aromatic heterocycles. The van der Waals surface area contributed by atoms with Gasteiger partial charge in [0.1, 0.15) is 12.4 Å². The summed E-state index contributed by atoms with van der Waals surface area (Å²) in [6.45, 7) is -1.27. The molecule has 0 atom stereocenters. The van der Waals surface area contributed by atoms with Gasteiger partial charge in [0, 0.05) is 32.1 Å². The summed E-state index contributed by atoms with van der Waals surface area (Å²) in [4.78, 5) is 32.1. The molecule has 1 aliphatic heterocycles. The van der Waals surface area contributed by atoms with Crippen LogP contribution in [-0.2, 0) is 6.54 Å². The number of rotatable bonds is 4. The highest BCUT2D eigenvalue weighted by molar-refractivity contribution is 6.30. The molecule has 1 fully saturated rings. The minimum atomic E-state index is -2.99. The van der Waals surface area contributed by atoms with Gasteiger partial charge in [-0.1, -0.05) is 11.6 Å². The highest BCUT2D eigenvalue weighted by Crippen LogP contribution is 2.35. The normalized spacial score (nSPS) is 15.2. The Morgan fingerprint density at radius 3 is 2.26 bits per heavy atom. The molecule has 1 saturated heterocycles. The molecule has 0 saturated carbocycles. The zero-order valence-corrected chi connectivity index (χ0v) is 18.5. The number of anilines is 1. The number of hydrogen-bond acceptors (Lipinski definition) is 5. The maximum Gasteiger partial charge on any atom is 0.338 e. The first-order chi connectivity index (χ1) is 16.5. The van der Waals surface area contributed by atoms with Crippen LogP contribution in [0.15, 0.2) is 40.2 Å². The summed E-state index contributed by atoms with van der Waals surface area (Å²) in [6, 6.07) is 4.10. The fourth-order valence-corrected chi connectivity index (χ4v) is 4.10. The van der Waals surface area contributed by atoms with E-state index < -0.39 is 65.1 Å². The first-order valence-electron chi connectivity index (χ1n) is 10.2. The SMILES string of the molecule is N#CCn1c(N2CCC(F)(F)CC2)c(-c2cc(F)c(F)c(F)c2)c(=O)n(-c2cncc(Cl)c2)c1=O. The van der Waals surface area contributed by atoms with E-state index in [1.807, 2.05) is 0 Å². The zero-order valence-electron chi connectivity index (χ0n) is 17.7. The number of aromatic nitrogens is 3. The summed E-state index contributed by atoms with van der Waals surface area (Å²) in [5.74, 6) is -8.27. The third-order valence-electron chi connectivity index (χ3n) is 5.56. The monoisotopic (exact) mass is 511 g/mol. The van der Waals surface area contributed by atoms with Crippen LogP contribution < -0.4 is 16.1 Å². The summed E-state index contributed by atoms with van der Waals surface area (Å²) in [6.07, 6.45) is 1.11. The summed E-state index contributed by atoms with van der Waals surface area (Å²) < 4.78 is 71.0. The second kappa shape index (κ2) is 9.14. The van der Waals surface area contributed by atoms with Crippen LogP contribution in [0.2, 0.25) is 5.02 Å². The van der Waals surface area contributed by atoms with Crippen LogP contribution >= 0.6 is 11.6 Å². The molecule has 35 heavy (non-hydrogen) atoms. The molecule has 4 rings (SSSR count). The number of piperidine rings is 1. The Kier molecular flexibility index (Phi) is 6.38. The van der Waals surface area contributed by atoms with Crippen molar-refractivity contribution in [3.8, 4) is 22.9 Å². The summed E-state index contributed by atoms with van der Waals surface area (Å²) in [7, 11) is 0. The molecule has 0 bridgehead atoms. The highest BCUT2D eigenvalue weighted by Gasteiger charge is 2.37. The Bertz CT molecular complexity index is 1450. The van der Waals surface area contributed by atoms with Crippen molar-refractivity contribution in [2.24, 2.45) is 0 Å². The number of halogens is 6. The number of nitriles is 1. The topological polar surface area (TPSA) is 83.9 Å². The standard InChI is InChI=1S/C22H15ClF5N5O2/c23-13-9-14(11-30-10-13)33-20(34)17(12-7-15(24)18(26)16(25)8-12)19(32(6-3-29)21(33)35)31-4-1-22(27,28)2-5-31/h7-11H,1-2,4-6H2. The maximum atomic E-state index is 14.2. The molecule has 1 aromatic carbocycles. The van der Waals surface area contributed by atoms with Gasteiger partial charge in [-0.2, -0.15) is 5.26 Å². The van der Waals surface area contributed by atoms with Gasteiger partial charge in [0.2, 0.25) is 0 Å². The highest BCUT2D eigenvalue weighted by atomic mass is 35.5. The molecule has 0 aliphatic carbocycles. The predicted molar refractivity (Wildman–Crippen MR) is 116 cm³/mol. The third kappa shape index (κ3) is 4.51. The maximum absolute atomic E-state index is 14.2. The molecule has 13 heteroatoms. The second-order valence-corrected chi connectivity index (χ2v) is 8.26. The minimum absolute atomic E-state index is 0.0587. The molecule has 0 spiro atoms. The fraction of sp³-hybridized carbons (Fsp3) is 0.273. The first-order valence-corrected chi connectivity index (χ1v) is 10.6. The van der Waals surface area contributed by atoms with E-state index in [1.165, 1.54) is 17.2 Å². The second-order valence-electron chi connectivity index (χ2n) is 7.82. The quantitative estimate of drug-likeness (QED) is 0.392. The van der Waals surface area contributed by atoms with Crippen LogP contribution in [0.1, 0.15) is 12.8 Å². The van der Waals surface area contributed by atoms with Crippen molar-refractivity contribution in [3.63, 3.8) is 0 Å². The molecular formula is C22H15ClF5N5O2. The lowest BCUT2D eigenvalue weighted by Crippen LogP contribution is -2.47. The van der Waals surface area contributed by atoms with Crippen molar-refractivity contribution in [2.45, 2.75) is 25.3 Å². The van der Waals surface area contributed by atoms with Crippen LogP contribution in [0.5, 0.6) is 0 Å². The Labute approximate surface area is 199 Å². The van der Waals surface area contributed by atoms with Gasteiger partial charge in [-0.15, -0.1) is 0 Å². The van der Waals surface area contributed by atoms with E-state index in [0.29, 0.717) is 16.7 Å². The summed E-state index contributed by atoms with van der Waals surface area (Å²) in [5.41, 5.74) is -3.16. The zero-order chi connectivity index (χ0) is 25.5. The van der Waals surface area contributed by atoms with Crippen molar-refractivity contribution in [1.82, 2.24) is 14.1 Å². The lowest BCUT2D eigenvalue weighted by molar-refractivity contribution is -0.0222. The molecule has 7 nitrogen and oxygen atoms in total. The van der Waals surface area contributed by atoms with Gasteiger partial charge in [-0.25, -0.2) is 31.3 Å². The lowest BCUT2D eigenvalue weighted by Gasteiger charge is -2.35. The number of hydrogen-bond donors (Lipinski definition) is 0. The smallest absolute Gasteiger partial charge is 0.338 e. The number of benzene rings is 1. The van der Waals surface area contributed by atoms with Crippen LogP contribution in [-0.4, -0.2) is 33.1 Å². The molecule has 0 amide bonds. The van der Waals surface area contributed by atoms with E-state index in [0.717, 1.165) is 10.8 Å². The third-order valence-corrected chi connectivity index (χ3v) is 5.77. The lowest BCUT2D eigenvalue weighted by atomic mass is 10.0. The van der Waals surface area contributed by atoms with Gasteiger partial charge in [-0.05, 0) is 23.8 Å². The first kappa shape index (κ1) is 24.4. The van der Waals surface area contributed by atoms with Crippen molar-refractivity contribution >= 4 is 17.4 Å². The van der Waals surface area contributed by atoms with Gasteiger partial charge in [0.15, 0.2) is 17.5 Å². The van der Waals surface area contributed by atoms with Crippen molar-refractivity contribution in [1.29, 1.82) is 5.26 Å². The van der Waals surface area contributed by atoms with Gasteiger partial charge < -0.3 is 4.90 Å². The Morgan fingerprint density at radius 1 is 1.06 bits per heavy atom. The average Bonchev–Trinajstić information content (AvgIpc) is 2.79. The molecule has 0 unspecified atom stereocenters. The molecular weight excluding hydrogens is 497 g/mol. The van der Waals surface area contributed by atoms with Crippen molar-refractivity contribution < 1.29 is 22.0 Å². The van der Waals surface area contributed by atoms with Gasteiger partial charge in [-0.3, -0.25) is 14.3 Å². The number of pyridine rings is 1. The molecule has 0 N–H and O–H groups in total. The minimum Gasteiger partial charge on any atom is -0.357 e. The molecule has 3 heterocycles. The van der Waals surface area contributed by atoms with Crippen LogP contribution in [0, 0.1) is 28.8 Å². The van der Waals surface area contributed by atoms with E-state index in [1.54, 1.807) is 6.07 Å². The molecule has 0 radical (unpaired) electrons. The van der Waals surface area contributed by atoms with Crippen molar-refractivity contribution in [3.05, 3.63) is 73.9 Å². The Hall–Kier alpha value is -3.72. The van der Waals surface area contributed by atoms with Gasteiger partial charge in [0.05, 0.1) is 28.5 Å². The fourth-order valence-electron chi connectivity index (χ4n) is 3.93. The van der Waals surface area contributed by atoms with Gasteiger partial charge in [0.25, 0.3) is 11.5 Å². The Morgan fingerprint density at radius 2 is 1.69 bits per heavy atom. The molecule has 3 aromatic rings. The Balaban J connectivity index is 2.11. The number of nitrogens with zero attached hydrogens (tertiary/aromatic N) is 5. The average molecular weight is 512 g/mol. The van der Waals surface area contributed by atoms with Gasteiger partial charge >= 0.3 is 5.69 Å². The number of alkyl halides is 2. The summed E-state index contributed by atoms with van der Waals surface area (Å²) in [5, 5.41) is 9.43. The predicted octanol–water partition coefficient (Wildman–Crippen LogP) is 3.89. The largest absolute Gasteiger partial charge is 0.357 e.